The fourth-order valence-corrected chi connectivity index (χ4v) is 4.39. The zero-order valence-corrected chi connectivity index (χ0v) is 19.4. The summed E-state index contributed by atoms with van der Waals surface area (Å²) in [5.74, 6) is 0.322. The van der Waals surface area contributed by atoms with Gasteiger partial charge in [-0.2, -0.15) is 5.10 Å². The summed E-state index contributed by atoms with van der Waals surface area (Å²) in [6, 6.07) is 26.2. The molecule has 0 spiro atoms. The fraction of sp³-hybridized carbons (Fsp3) is 0.250. The normalized spacial score (nSPS) is 17.7. The molecule has 0 aliphatic carbocycles. The number of benzene rings is 3. The molecule has 1 saturated heterocycles. The van der Waals surface area contributed by atoms with Gasteiger partial charge >= 0.3 is 0 Å². The van der Waals surface area contributed by atoms with Crippen LogP contribution in [0.3, 0.4) is 0 Å². The van der Waals surface area contributed by atoms with E-state index in [1.165, 1.54) is 0 Å². The minimum absolute atomic E-state index is 0.0667. The zero-order valence-electron chi connectivity index (χ0n) is 19.4. The summed E-state index contributed by atoms with van der Waals surface area (Å²) in [4.78, 5) is 27.9. The molecule has 0 N–H and O–H groups in total. The Morgan fingerprint density at radius 1 is 0.886 bits per heavy atom. The predicted molar refractivity (Wildman–Crippen MR) is 132 cm³/mol. The highest BCUT2D eigenvalue weighted by molar-refractivity contribution is 6.05. The summed E-state index contributed by atoms with van der Waals surface area (Å²) in [7, 11) is 0. The summed E-state index contributed by atoms with van der Waals surface area (Å²) in [6.45, 7) is 2.16. The molecule has 178 valence electrons. The van der Waals surface area contributed by atoms with Crippen molar-refractivity contribution < 1.29 is 19.1 Å². The van der Waals surface area contributed by atoms with Crippen molar-refractivity contribution in [3.8, 4) is 5.75 Å². The number of hydrogen-bond acceptors (Lipinski definition) is 5. The van der Waals surface area contributed by atoms with Crippen molar-refractivity contribution in [1.29, 1.82) is 0 Å². The van der Waals surface area contributed by atoms with E-state index in [9.17, 15) is 9.59 Å². The van der Waals surface area contributed by atoms with E-state index < -0.39 is 0 Å². The van der Waals surface area contributed by atoms with Crippen LogP contribution in [-0.4, -0.2) is 60.3 Å². The maximum atomic E-state index is 13.5. The first-order chi connectivity index (χ1) is 17.2. The first kappa shape index (κ1) is 22.8. The zero-order chi connectivity index (χ0) is 24.0. The molecule has 2 aliphatic heterocycles. The van der Waals surface area contributed by atoms with E-state index in [-0.39, 0.29) is 24.5 Å². The van der Waals surface area contributed by atoms with E-state index >= 15 is 0 Å². The van der Waals surface area contributed by atoms with Gasteiger partial charge in [0.15, 0.2) is 6.61 Å². The summed E-state index contributed by atoms with van der Waals surface area (Å²) < 4.78 is 11.3. The SMILES string of the molecule is O=C(COc1ccccc1C1CC(c2ccccc2)=NN1C(=O)c1ccccc1)N1CCOCC1. The molecule has 7 heteroatoms. The van der Waals surface area contributed by atoms with Gasteiger partial charge in [0, 0.05) is 30.6 Å². The molecule has 3 aromatic rings. The quantitative estimate of drug-likeness (QED) is 0.549. The number of para-hydroxylation sites is 1. The highest BCUT2D eigenvalue weighted by Gasteiger charge is 2.35. The number of nitrogens with zero attached hydrogens (tertiary/aromatic N) is 3. The molecule has 1 atom stereocenters. The number of amides is 2. The lowest BCUT2D eigenvalue weighted by Crippen LogP contribution is -2.43. The molecular formula is C28H27N3O4. The van der Waals surface area contributed by atoms with Crippen LogP contribution in [0.2, 0.25) is 0 Å². The molecule has 35 heavy (non-hydrogen) atoms. The number of hydrazone groups is 1. The van der Waals surface area contributed by atoms with Crippen LogP contribution in [-0.2, 0) is 9.53 Å². The van der Waals surface area contributed by atoms with Gasteiger partial charge in [0.1, 0.15) is 5.75 Å². The van der Waals surface area contributed by atoms with Crippen molar-refractivity contribution in [2.45, 2.75) is 12.5 Å². The molecule has 2 amide bonds. The number of carbonyl (C=O) groups excluding carboxylic acids is 2. The van der Waals surface area contributed by atoms with Crippen LogP contribution in [0.15, 0.2) is 90.0 Å². The highest BCUT2D eigenvalue weighted by atomic mass is 16.5. The second-order valence-electron chi connectivity index (χ2n) is 8.47. The molecule has 2 aliphatic rings. The maximum absolute atomic E-state index is 13.5. The molecule has 0 radical (unpaired) electrons. The predicted octanol–water partition coefficient (Wildman–Crippen LogP) is 3.92. The summed E-state index contributed by atoms with van der Waals surface area (Å²) in [5, 5.41) is 6.30. The van der Waals surface area contributed by atoms with Crippen LogP contribution >= 0.6 is 0 Å². The van der Waals surface area contributed by atoms with Crippen molar-refractivity contribution >= 4 is 17.5 Å². The van der Waals surface area contributed by atoms with Gasteiger partial charge in [-0.05, 0) is 23.8 Å². The second kappa shape index (κ2) is 10.5. The third-order valence-electron chi connectivity index (χ3n) is 6.24. The number of morpholine rings is 1. The van der Waals surface area contributed by atoms with E-state index in [0.717, 1.165) is 16.8 Å². The van der Waals surface area contributed by atoms with E-state index in [2.05, 4.69) is 0 Å². The van der Waals surface area contributed by atoms with Crippen molar-refractivity contribution in [1.82, 2.24) is 9.91 Å². The molecule has 7 nitrogen and oxygen atoms in total. The van der Waals surface area contributed by atoms with Crippen LogP contribution in [0.1, 0.15) is 33.9 Å². The van der Waals surface area contributed by atoms with E-state index in [1.807, 2.05) is 72.8 Å². The largest absolute Gasteiger partial charge is 0.483 e. The lowest BCUT2D eigenvalue weighted by Gasteiger charge is -2.27. The average molecular weight is 470 g/mol. The van der Waals surface area contributed by atoms with E-state index in [4.69, 9.17) is 14.6 Å². The van der Waals surface area contributed by atoms with Crippen LogP contribution in [0, 0.1) is 0 Å². The Bertz CT molecular complexity index is 1210. The Morgan fingerprint density at radius 2 is 1.54 bits per heavy atom. The van der Waals surface area contributed by atoms with Gasteiger partial charge in [0.05, 0.1) is 25.0 Å². The van der Waals surface area contributed by atoms with Gasteiger partial charge in [-0.25, -0.2) is 5.01 Å². The van der Waals surface area contributed by atoms with E-state index in [0.29, 0.717) is 44.0 Å². The molecule has 0 bridgehead atoms. The number of hydrogen-bond donors (Lipinski definition) is 0. The fourth-order valence-electron chi connectivity index (χ4n) is 4.39. The first-order valence-corrected chi connectivity index (χ1v) is 11.8. The maximum Gasteiger partial charge on any atom is 0.274 e. The number of carbonyl (C=O) groups is 2. The summed E-state index contributed by atoms with van der Waals surface area (Å²) in [5.41, 5.74) is 3.19. The Morgan fingerprint density at radius 3 is 2.29 bits per heavy atom. The average Bonchev–Trinajstić information content (AvgIpc) is 3.38. The Kier molecular flexibility index (Phi) is 6.86. The van der Waals surface area contributed by atoms with Gasteiger partial charge in [-0.1, -0.05) is 66.7 Å². The number of ether oxygens (including phenoxy) is 2. The van der Waals surface area contributed by atoms with Gasteiger partial charge in [-0.15, -0.1) is 0 Å². The Balaban J connectivity index is 1.42. The molecule has 5 rings (SSSR count). The van der Waals surface area contributed by atoms with Crippen LogP contribution in [0.4, 0.5) is 0 Å². The third kappa shape index (κ3) is 5.10. The minimum atomic E-state index is -0.354. The molecule has 1 fully saturated rings. The molecule has 3 aromatic carbocycles. The first-order valence-electron chi connectivity index (χ1n) is 11.8. The number of rotatable bonds is 6. The summed E-state index contributed by atoms with van der Waals surface area (Å²) >= 11 is 0. The molecule has 0 saturated carbocycles. The van der Waals surface area contributed by atoms with Gasteiger partial charge in [-0.3, -0.25) is 9.59 Å². The lowest BCUT2D eigenvalue weighted by molar-refractivity contribution is -0.137. The van der Waals surface area contributed by atoms with Crippen molar-refractivity contribution in [3.63, 3.8) is 0 Å². The molecular weight excluding hydrogens is 442 g/mol. The van der Waals surface area contributed by atoms with Crippen LogP contribution in [0.25, 0.3) is 0 Å². The second-order valence-corrected chi connectivity index (χ2v) is 8.47. The summed E-state index contributed by atoms with van der Waals surface area (Å²) in [6.07, 6.45) is 0.542. The topological polar surface area (TPSA) is 71.4 Å². The monoisotopic (exact) mass is 469 g/mol. The van der Waals surface area contributed by atoms with Gasteiger partial charge in [0.2, 0.25) is 0 Å². The molecule has 2 heterocycles. The van der Waals surface area contributed by atoms with Crippen molar-refractivity contribution in [2.24, 2.45) is 5.10 Å². The van der Waals surface area contributed by atoms with Gasteiger partial charge in [0.25, 0.3) is 11.8 Å². The highest BCUT2D eigenvalue weighted by Crippen LogP contribution is 2.38. The van der Waals surface area contributed by atoms with Crippen molar-refractivity contribution in [2.75, 3.05) is 32.9 Å². The molecule has 1 unspecified atom stereocenters. The van der Waals surface area contributed by atoms with Crippen molar-refractivity contribution in [3.05, 3.63) is 102 Å². The smallest absolute Gasteiger partial charge is 0.274 e. The van der Waals surface area contributed by atoms with Crippen LogP contribution in [0.5, 0.6) is 5.75 Å². The Labute approximate surface area is 204 Å². The standard InChI is InChI=1S/C28H27N3O4/c32-27(30-15-17-34-18-16-30)20-35-26-14-8-7-13-23(26)25-19-24(21-9-3-1-4-10-21)29-31(25)28(33)22-11-5-2-6-12-22/h1-14,25H,15-20H2. The Hall–Kier alpha value is -3.97. The third-order valence-corrected chi connectivity index (χ3v) is 6.24. The molecule has 0 aromatic heterocycles. The van der Waals surface area contributed by atoms with Gasteiger partial charge < -0.3 is 14.4 Å². The lowest BCUT2D eigenvalue weighted by atomic mass is 9.97. The van der Waals surface area contributed by atoms with Crippen LogP contribution < -0.4 is 4.74 Å². The minimum Gasteiger partial charge on any atom is -0.483 e. The van der Waals surface area contributed by atoms with E-state index in [1.54, 1.807) is 22.0 Å².